The van der Waals surface area contributed by atoms with E-state index in [1.165, 1.54) is 25.1 Å². The first-order valence-corrected chi connectivity index (χ1v) is 7.62. The van der Waals surface area contributed by atoms with Gasteiger partial charge in [-0.1, -0.05) is 27.2 Å². The van der Waals surface area contributed by atoms with Gasteiger partial charge in [0.2, 0.25) is 0 Å². The molecule has 19 heavy (non-hydrogen) atoms. The van der Waals surface area contributed by atoms with Gasteiger partial charge in [0.25, 0.3) is 5.82 Å². The summed E-state index contributed by atoms with van der Waals surface area (Å²) in [5.41, 5.74) is 0. The van der Waals surface area contributed by atoms with Gasteiger partial charge in [0.1, 0.15) is 12.4 Å². The molecule has 0 aromatic carbocycles. The van der Waals surface area contributed by atoms with Crippen molar-refractivity contribution in [3.63, 3.8) is 0 Å². The molecule has 0 radical (unpaired) electrons. The molecule has 0 unspecified atom stereocenters. The fourth-order valence-corrected chi connectivity index (χ4v) is 3.22. The molecule has 1 heterocycles. The van der Waals surface area contributed by atoms with E-state index in [2.05, 4.69) is 56.3 Å². The monoisotopic (exact) mass is 265 g/mol. The van der Waals surface area contributed by atoms with Gasteiger partial charge in [-0.25, -0.2) is 9.13 Å². The van der Waals surface area contributed by atoms with Crippen LogP contribution in [0.15, 0.2) is 12.4 Å². The van der Waals surface area contributed by atoms with Crippen molar-refractivity contribution >= 4 is 0 Å². The molecule has 0 spiro atoms. The summed E-state index contributed by atoms with van der Waals surface area (Å²) in [4.78, 5) is 0. The molecule has 0 N–H and O–H groups in total. The van der Waals surface area contributed by atoms with Gasteiger partial charge in [-0.2, -0.15) is 0 Å². The largest absolute Gasteiger partial charge is 0.338 e. The van der Waals surface area contributed by atoms with Crippen LogP contribution in [0.3, 0.4) is 0 Å². The summed E-state index contributed by atoms with van der Waals surface area (Å²) >= 11 is 0. The minimum absolute atomic E-state index is 0.427. The number of aromatic nitrogens is 2. The molecule has 0 saturated heterocycles. The van der Waals surface area contributed by atoms with Crippen LogP contribution >= 0.6 is 0 Å². The van der Waals surface area contributed by atoms with Crippen molar-refractivity contribution in [2.75, 3.05) is 0 Å². The van der Waals surface area contributed by atoms with Crippen LogP contribution in [-0.2, 0) is 18.5 Å². The van der Waals surface area contributed by atoms with Crippen LogP contribution < -0.4 is 4.57 Å². The molecule has 1 fully saturated rings. The molecule has 0 bridgehead atoms. The summed E-state index contributed by atoms with van der Waals surface area (Å²) in [5, 5.41) is 0. The van der Waals surface area contributed by atoms with Crippen LogP contribution in [0.1, 0.15) is 45.9 Å². The van der Waals surface area contributed by atoms with Crippen LogP contribution in [0.2, 0.25) is 0 Å². The molecule has 0 amide bonds. The lowest BCUT2D eigenvalue weighted by Crippen LogP contribution is -2.35. The zero-order valence-electron chi connectivity index (χ0n) is 13.1. The van der Waals surface area contributed by atoms with Crippen molar-refractivity contribution in [2.45, 2.75) is 59.8 Å². The van der Waals surface area contributed by atoms with E-state index >= 15 is 0 Å². The smallest absolute Gasteiger partial charge is 0.254 e. The maximum Gasteiger partial charge on any atom is 0.254 e. The Morgan fingerprint density at radius 3 is 2.74 bits per heavy atom. The Kier molecular flexibility index (Phi) is 4.67. The maximum atomic E-state index is 6.26. The Labute approximate surface area is 117 Å². The first-order valence-electron chi connectivity index (χ1n) is 7.62. The van der Waals surface area contributed by atoms with E-state index in [1.54, 1.807) is 0 Å². The normalized spacial score (nSPS) is 28.0. The summed E-state index contributed by atoms with van der Waals surface area (Å²) in [6, 6.07) is 0. The number of rotatable bonds is 4. The predicted octanol–water partition coefficient (Wildman–Crippen LogP) is 3.06. The van der Waals surface area contributed by atoms with E-state index in [1.807, 2.05) is 0 Å². The number of hydrogen-bond donors (Lipinski definition) is 0. The van der Waals surface area contributed by atoms with Crippen LogP contribution in [-0.4, -0.2) is 10.7 Å². The molecular weight excluding hydrogens is 236 g/mol. The SMILES string of the molecule is Cc1n(CO[C@H]2C[C@@H](C)CC[C@@H]2C(C)C)cc[n+]1C. The molecule has 0 aliphatic heterocycles. The average Bonchev–Trinajstić information content (AvgIpc) is 2.67. The first kappa shape index (κ1) is 14.6. The molecule has 1 aromatic heterocycles. The fourth-order valence-electron chi connectivity index (χ4n) is 3.22. The predicted molar refractivity (Wildman–Crippen MR) is 76.6 cm³/mol. The third kappa shape index (κ3) is 3.38. The Bertz CT molecular complexity index is 411. The Hall–Kier alpha value is -0.830. The summed E-state index contributed by atoms with van der Waals surface area (Å²) in [6.45, 7) is 9.84. The average molecular weight is 265 g/mol. The van der Waals surface area contributed by atoms with Crippen LogP contribution in [0.5, 0.6) is 0 Å². The van der Waals surface area contributed by atoms with Crippen LogP contribution in [0.25, 0.3) is 0 Å². The van der Waals surface area contributed by atoms with Crippen molar-refractivity contribution in [3.8, 4) is 0 Å². The number of ether oxygens (including phenoxy) is 1. The van der Waals surface area contributed by atoms with E-state index in [-0.39, 0.29) is 0 Å². The topological polar surface area (TPSA) is 18.0 Å². The minimum Gasteiger partial charge on any atom is -0.338 e. The summed E-state index contributed by atoms with van der Waals surface area (Å²) < 4.78 is 10.6. The molecule has 108 valence electrons. The van der Waals surface area contributed by atoms with Crippen LogP contribution in [0, 0.1) is 24.7 Å². The number of hydrogen-bond acceptors (Lipinski definition) is 1. The van der Waals surface area contributed by atoms with Gasteiger partial charge in [0.05, 0.1) is 13.2 Å². The van der Waals surface area contributed by atoms with E-state index in [0.717, 1.165) is 17.8 Å². The van der Waals surface area contributed by atoms with Gasteiger partial charge in [0, 0.05) is 6.92 Å². The van der Waals surface area contributed by atoms with Crippen molar-refractivity contribution in [3.05, 3.63) is 18.2 Å². The van der Waals surface area contributed by atoms with Crippen molar-refractivity contribution in [1.82, 2.24) is 4.57 Å². The number of nitrogens with zero attached hydrogens (tertiary/aromatic N) is 2. The van der Waals surface area contributed by atoms with Gasteiger partial charge in [0.15, 0.2) is 6.73 Å². The molecule has 1 aliphatic rings. The zero-order chi connectivity index (χ0) is 14.0. The summed E-state index contributed by atoms with van der Waals surface area (Å²) in [6.07, 6.45) is 8.52. The highest BCUT2D eigenvalue weighted by Gasteiger charge is 2.31. The lowest BCUT2D eigenvalue weighted by atomic mass is 9.75. The standard InChI is InChI=1S/C16H29N2O/c1-12(2)15-7-6-13(3)10-16(15)19-11-18-9-8-17(5)14(18)4/h8-9,12-13,15-16H,6-7,10-11H2,1-5H3/q+1/t13-,15+,16-/m0/s1. The van der Waals surface area contributed by atoms with Gasteiger partial charge in [-0.05, 0) is 30.6 Å². The van der Waals surface area contributed by atoms with Crippen molar-refractivity contribution in [1.29, 1.82) is 0 Å². The molecule has 2 rings (SSSR count). The van der Waals surface area contributed by atoms with E-state index in [0.29, 0.717) is 12.8 Å². The van der Waals surface area contributed by atoms with Gasteiger partial charge in [-0.15, -0.1) is 0 Å². The van der Waals surface area contributed by atoms with E-state index in [4.69, 9.17) is 4.74 Å². The molecule has 3 heteroatoms. The highest BCUT2D eigenvalue weighted by Crippen LogP contribution is 2.35. The molecule has 1 saturated carbocycles. The molecule has 1 aromatic rings. The second-order valence-corrected chi connectivity index (χ2v) is 6.59. The second-order valence-electron chi connectivity index (χ2n) is 6.59. The van der Waals surface area contributed by atoms with Crippen molar-refractivity contribution in [2.24, 2.45) is 24.8 Å². The highest BCUT2D eigenvalue weighted by molar-refractivity contribution is 4.82. The molecule has 1 aliphatic carbocycles. The highest BCUT2D eigenvalue weighted by atomic mass is 16.5. The second kappa shape index (κ2) is 6.08. The molecular formula is C16H29N2O+. The summed E-state index contributed by atoms with van der Waals surface area (Å²) in [5.74, 6) is 3.49. The molecule has 3 nitrogen and oxygen atoms in total. The Morgan fingerprint density at radius 1 is 1.42 bits per heavy atom. The zero-order valence-corrected chi connectivity index (χ0v) is 13.1. The van der Waals surface area contributed by atoms with E-state index < -0.39 is 0 Å². The third-order valence-corrected chi connectivity index (χ3v) is 4.79. The van der Waals surface area contributed by atoms with Crippen LogP contribution in [0.4, 0.5) is 0 Å². The lowest BCUT2D eigenvalue weighted by molar-refractivity contribution is -0.677. The number of aryl methyl sites for hydroxylation is 1. The van der Waals surface area contributed by atoms with Gasteiger partial charge >= 0.3 is 0 Å². The minimum atomic E-state index is 0.427. The van der Waals surface area contributed by atoms with Gasteiger partial charge in [-0.3, -0.25) is 0 Å². The fraction of sp³-hybridized carbons (Fsp3) is 0.812. The summed E-state index contributed by atoms with van der Waals surface area (Å²) in [7, 11) is 2.07. The number of imidazole rings is 1. The van der Waals surface area contributed by atoms with E-state index in [9.17, 15) is 0 Å². The van der Waals surface area contributed by atoms with Gasteiger partial charge < -0.3 is 4.74 Å². The third-order valence-electron chi connectivity index (χ3n) is 4.79. The Morgan fingerprint density at radius 2 is 2.16 bits per heavy atom. The quantitative estimate of drug-likeness (QED) is 0.765. The first-order chi connectivity index (χ1) is 8.99. The Balaban J connectivity index is 1.97. The lowest BCUT2D eigenvalue weighted by Gasteiger charge is -2.36. The maximum absolute atomic E-state index is 6.26. The van der Waals surface area contributed by atoms with Crippen molar-refractivity contribution < 1.29 is 9.30 Å². The molecule has 3 atom stereocenters.